The summed E-state index contributed by atoms with van der Waals surface area (Å²) in [7, 11) is 0. The molecule has 1 rings (SSSR count). The number of carbonyl (C=O) groups excluding carboxylic acids is 1. The van der Waals surface area contributed by atoms with Gasteiger partial charge in [0.1, 0.15) is 5.60 Å². The van der Waals surface area contributed by atoms with Gasteiger partial charge >= 0.3 is 0 Å². The van der Waals surface area contributed by atoms with E-state index in [-0.39, 0.29) is 24.8 Å². The van der Waals surface area contributed by atoms with Crippen molar-refractivity contribution < 1.29 is 15.0 Å². The molecule has 25 heavy (non-hydrogen) atoms. The molecule has 1 saturated carbocycles. The first kappa shape index (κ1) is 22.4. The second kappa shape index (κ2) is 10.5. The van der Waals surface area contributed by atoms with Crippen LogP contribution in [-0.4, -0.2) is 40.4 Å². The Hall–Kier alpha value is -0.650. The van der Waals surface area contributed by atoms with Crippen molar-refractivity contribution in [1.29, 1.82) is 0 Å². The lowest BCUT2D eigenvalue weighted by Crippen LogP contribution is -2.52. The van der Waals surface area contributed by atoms with Crippen LogP contribution in [0.25, 0.3) is 0 Å². The molecule has 0 heterocycles. The van der Waals surface area contributed by atoms with Gasteiger partial charge in [-0.3, -0.25) is 4.79 Å². The average Bonchev–Trinajstić information content (AvgIpc) is 2.51. The van der Waals surface area contributed by atoms with E-state index in [4.69, 9.17) is 5.73 Å². The average molecular weight is 357 g/mol. The normalized spacial score (nSPS) is 21.3. The molecule has 1 fully saturated rings. The molecule has 1 aliphatic carbocycles. The van der Waals surface area contributed by atoms with Crippen LogP contribution in [0.5, 0.6) is 0 Å². The fraction of sp³-hybridized carbons (Fsp3) is 0.950. The number of hydrogen-bond acceptors (Lipinski definition) is 4. The largest absolute Gasteiger partial charge is 0.391 e. The lowest BCUT2D eigenvalue weighted by Gasteiger charge is -2.35. The first-order valence-corrected chi connectivity index (χ1v) is 10.1. The molecule has 5 N–H and O–H groups in total. The summed E-state index contributed by atoms with van der Waals surface area (Å²) in [6.45, 7) is 8.96. The third-order valence-corrected chi connectivity index (χ3v) is 5.32. The van der Waals surface area contributed by atoms with E-state index in [2.05, 4.69) is 19.2 Å². The Balaban J connectivity index is 2.77. The summed E-state index contributed by atoms with van der Waals surface area (Å²) < 4.78 is 0. The van der Waals surface area contributed by atoms with Crippen molar-refractivity contribution in [3.63, 3.8) is 0 Å². The molecule has 5 heteroatoms. The molecular weight excluding hydrogens is 316 g/mol. The molecule has 5 nitrogen and oxygen atoms in total. The quantitative estimate of drug-likeness (QED) is 0.457. The van der Waals surface area contributed by atoms with Crippen molar-refractivity contribution in [3.8, 4) is 0 Å². The van der Waals surface area contributed by atoms with Crippen LogP contribution in [0.4, 0.5) is 0 Å². The van der Waals surface area contributed by atoms with Gasteiger partial charge in [0, 0.05) is 12.5 Å². The van der Waals surface area contributed by atoms with Gasteiger partial charge in [0.25, 0.3) is 0 Å². The SMILES string of the molecule is CC(C)CN[C@@H](CC1CCCCC1)[C@@H](O)C[C@@](O)(CC(C)C)C(N)=O. The van der Waals surface area contributed by atoms with E-state index in [1.165, 1.54) is 32.1 Å². The number of nitrogens with one attached hydrogen (secondary N) is 1. The molecule has 0 aromatic rings. The number of amides is 1. The van der Waals surface area contributed by atoms with Gasteiger partial charge < -0.3 is 21.3 Å². The highest BCUT2D eigenvalue weighted by Gasteiger charge is 2.39. The Labute approximate surface area is 153 Å². The van der Waals surface area contributed by atoms with Gasteiger partial charge in [-0.15, -0.1) is 0 Å². The highest BCUT2D eigenvalue weighted by molar-refractivity contribution is 5.83. The summed E-state index contributed by atoms with van der Waals surface area (Å²) in [6.07, 6.45) is 6.63. The predicted octanol–water partition coefficient (Wildman–Crippen LogP) is 2.58. The lowest BCUT2D eigenvalue weighted by molar-refractivity contribution is -0.142. The van der Waals surface area contributed by atoms with Crippen molar-refractivity contribution >= 4 is 5.91 Å². The number of hydrogen-bond donors (Lipinski definition) is 4. The van der Waals surface area contributed by atoms with Crippen molar-refractivity contribution in [1.82, 2.24) is 5.32 Å². The van der Waals surface area contributed by atoms with E-state index >= 15 is 0 Å². The Morgan fingerprint density at radius 1 is 1.12 bits per heavy atom. The molecule has 0 aromatic carbocycles. The number of aliphatic hydroxyl groups is 2. The molecule has 1 amide bonds. The van der Waals surface area contributed by atoms with Crippen LogP contribution < -0.4 is 11.1 Å². The maximum absolute atomic E-state index is 11.8. The number of nitrogens with two attached hydrogens (primary N) is 1. The molecule has 1 aliphatic rings. The first-order chi connectivity index (χ1) is 11.6. The third-order valence-electron chi connectivity index (χ3n) is 5.32. The van der Waals surface area contributed by atoms with Crippen molar-refractivity contribution in [2.75, 3.05) is 6.54 Å². The Morgan fingerprint density at radius 3 is 2.20 bits per heavy atom. The molecule has 148 valence electrons. The van der Waals surface area contributed by atoms with Crippen LogP contribution in [0.15, 0.2) is 0 Å². The van der Waals surface area contributed by atoms with Gasteiger partial charge in [-0.1, -0.05) is 59.8 Å². The number of rotatable bonds is 11. The van der Waals surface area contributed by atoms with Crippen LogP contribution in [0.1, 0.15) is 79.1 Å². The summed E-state index contributed by atoms with van der Waals surface area (Å²) in [5.41, 5.74) is 3.81. The minimum atomic E-state index is -1.64. The topological polar surface area (TPSA) is 95.6 Å². The van der Waals surface area contributed by atoms with E-state index in [0.717, 1.165) is 13.0 Å². The standard InChI is InChI=1S/C20H40N2O3/c1-14(2)11-20(25,19(21)24)12-18(23)17(22-13-15(3)4)10-16-8-6-5-7-9-16/h14-18,22-23,25H,5-13H2,1-4H3,(H2,21,24)/t17-,18-,20-/m0/s1. The van der Waals surface area contributed by atoms with Gasteiger partial charge in [-0.25, -0.2) is 0 Å². The van der Waals surface area contributed by atoms with Crippen LogP contribution in [0.2, 0.25) is 0 Å². The van der Waals surface area contributed by atoms with Crippen LogP contribution in [-0.2, 0) is 4.79 Å². The number of aliphatic hydroxyl groups excluding tert-OH is 1. The van der Waals surface area contributed by atoms with Gasteiger partial charge in [-0.05, 0) is 37.1 Å². The molecular formula is C20H40N2O3. The molecule has 3 atom stereocenters. The van der Waals surface area contributed by atoms with Crippen LogP contribution >= 0.6 is 0 Å². The van der Waals surface area contributed by atoms with Crippen molar-refractivity contribution in [2.45, 2.75) is 96.8 Å². The fourth-order valence-electron chi connectivity index (χ4n) is 3.99. The smallest absolute Gasteiger partial charge is 0.249 e. The Morgan fingerprint density at radius 2 is 1.72 bits per heavy atom. The highest BCUT2D eigenvalue weighted by atomic mass is 16.3. The molecule has 0 spiro atoms. The Kier molecular flexibility index (Phi) is 9.39. The number of carbonyl (C=O) groups is 1. The summed E-state index contributed by atoms with van der Waals surface area (Å²) in [6, 6.07) is -0.108. The zero-order valence-electron chi connectivity index (χ0n) is 16.6. The minimum absolute atomic E-state index is 0.00297. The van der Waals surface area contributed by atoms with Crippen LogP contribution in [0, 0.1) is 17.8 Å². The molecule has 0 aliphatic heterocycles. The number of primary amides is 1. The van der Waals surface area contributed by atoms with E-state index < -0.39 is 17.6 Å². The van der Waals surface area contributed by atoms with E-state index in [0.29, 0.717) is 11.8 Å². The third kappa shape index (κ3) is 8.06. The zero-order chi connectivity index (χ0) is 19.0. The van der Waals surface area contributed by atoms with E-state index in [1.54, 1.807) is 0 Å². The predicted molar refractivity (Wildman–Crippen MR) is 102 cm³/mol. The highest BCUT2D eigenvalue weighted by Crippen LogP contribution is 2.30. The molecule has 0 unspecified atom stereocenters. The molecule has 0 saturated heterocycles. The second-order valence-corrected chi connectivity index (χ2v) is 8.91. The summed E-state index contributed by atoms with van der Waals surface area (Å²) >= 11 is 0. The first-order valence-electron chi connectivity index (χ1n) is 10.1. The van der Waals surface area contributed by atoms with Gasteiger partial charge in [-0.2, -0.15) is 0 Å². The van der Waals surface area contributed by atoms with Crippen LogP contribution in [0.3, 0.4) is 0 Å². The molecule has 0 radical (unpaired) electrons. The lowest BCUT2D eigenvalue weighted by atomic mass is 9.80. The molecule has 0 aromatic heterocycles. The van der Waals surface area contributed by atoms with Gasteiger partial charge in [0.15, 0.2) is 0 Å². The minimum Gasteiger partial charge on any atom is -0.391 e. The monoisotopic (exact) mass is 356 g/mol. The van der Waals surface area contributed by atoms with E-state index in [1.807, 2.05) is 13.8 Å². The van der Waals surface area contributed by atoms with Crippen molar-refractivity contribution in [3.05, 3.63) is 0 Å². The zero-order valence-corrected chi connectivity index (χ0v) is 16.6. The molecule has 0 bridgehead atoms. The summed E-state index contributed by atoms with van der Waals surface area (Å²) in [5.74, 6) is 0.484. The van der Waals surface area contributed by atoms with Gasteiger partial charge in [0.05, 0.1) is 6.10 Å². The maximum atomic E-state index is 11.8. The Bertz CT molecular complexity index is 394. The fourth-order valence-corrected chi connectivity index (χ4v) is 3.99. The second-order valence-electron chi connectivity index (χ2n) is 8.91. The summed E-state index contributed by atoms with van der Waals surface area (Å²) in [5, 5.41) is 25.0. The van der Waals surface area contributed by atoms with E-state index in [9.17, 15) is 15.0 Å². The maximum Gasteiger partial charge on any atom is 0.249 e. The van der Waals surface area contributed by atoms with Crippen molar-refractivity contribution in [2.24, 2.45) is 23.5 Å². The van der Waals surface area contributed by atoms with Gasteiger partial charge in [0.2, 0.25) is 5.91 Å². The summed E-state index contributed by atoms with van der Waals surface area (Å²) in [4.78, 5) is 11.8.